The van der Waals surface area contributed by atoms with Gasteiger partial charge < -0.3 is 4.90 Å². The third-order valence-corrected chi connectivity index (χ3v) is 4.30. The van der Waals surface area contributed by atoms with Crippen LogP contribution in [-0.2, 0) is 0 Å². The van der Waals surface area contributed by atoms with Gasteiger partial charge in [0.25, 0.3) is 0 Å². The lowest BCUT2D eigenvalue weighted by Crippen LogP contribution is -2.39. The van der Waals surface area contributed by atoms with Crippen molar-refractivity contribution in [2.45, 2.75) is 11.7 Å². The maximum Gasteiger partial charge on any atom is 0.414 e. The largest absolute Gasteiger partial charge is 0.414 e. The summed E-state index contributed by atoms with van der Waals surface area (Å²) in [6.45, 7) is -0.0934. The predicted octanol–water partition coefficient (Wildman–Crippen LogP) is 4.71. The first-order valence-electron chi connectivity index (χ1n) is 6.54. The van der Waals surface area contributed by atoms with Crippen LogP contribution >= 0.6 is 11.6 Å². The fraction of sp³-hybridized carbons (Fsp3) is 0.250. The number of nitrogens with zero attached hydrogens (tertiary/aromatic N) is 1. The Morgan fingerprint density at radius 3 is 2.19 bits per heavy atom. The SMILES string of the molecule is FC(F)(F)C1(CCl)CN1c1ccccc1-c1ccccc1. The second-order valence-corrected chi connectivity index (χ2v) is 5.40. The molecule has 21 heavy (non-hydrogen) atoms. The summed E-state index contributed by atoms with van der Waals surface area (Å²) in [7, 11) is 0. The minimum absolute atomic E-state index is 0.0934. The van der Waals surface area contributed by atoms with Crippen LogP contribution in [0.5, 0.6) is 0 Å². The summed E-state index contributed by atoms with van der Waals surface area (Å²) < 4.78 is 39.7. The van der Waals surface area contributed by atoms with Crippen molar-refractivity contribution in [3.05, 3.63) is 54.6 Å². The van der Waals surface area contributed by atoms with Gasteiger partial charge in [-0.15, -0.1) is 11.6 Å². The first-order chi connectivity index (χ1) is 9.99. The molecule has 0 N–H and O–H groups in total. The van der Waals surface area contributed by atoms with Gasteiger partial charge in [-0.25, -0.2) is 0 Å². The van der Waals surface area contributed by atoms with Crippen molar-refractivity contribution in [3.8, 4) is 11.1 Å². The Hall–Kier alpha value is -1.68. The summed E-state index contributed by atoms with van der Waals surface area (Å²) in [6, 6.07) is 16.5. The van der Waals surface area contributed by atoms with Crippen molar-refractivity contribution in [1.82, 2.24) is 0 Å². The van der Waals surface area contributed by atoms with E-state index in [1.807, 2.05) is 42.5 Å². The Morgan fingerprint density at radius 2 is 1.62 bits per heavy atom. The van der Waals surface area contributed by atoms with Crippen LogP contribution in [0.2, 0.25) is 0 Å². The number of hydrogen-bond donors (Lipinski definition) is 0. The number of hydrogen-bond acceptors (Lipinski definition) is 1. The summed E-state index contributed by atoms with van der Waals surface area (Å²) in [4.78, 5) is 1.34. The molecule has 1 unspecified atom stereocenters. The first-order valence-corrected chi connectivity index (χ1v) is 7.08. The molecule has 0 saturated carbocycles. The van der Waals surface area contributed by atoms with Gasteiger partial charge in [-0.3, -0.25) is 0 Å². The number of halogens is 4. The van der Waals surface area contributed by atoms with E-state index >= 15 is 0 Å². The van der Waals surface area contributed by atoms with Gasteiger partial charge in [0.15, 0.2) is 5.54 Å². The molecule has 0 spiro atoms. The van der Waals surface area contributed by atoms with Gasteiger partial charge in [-0.1, -0.05) is 48.5 Å². The van der Waals surface area contributed by atoms with Crippen LogP contribution in [0.1, 0.15) is 0 Å². The Kier molecular flexibility index (Phi) is 3.36. The topological polar surface area (TPSA) is 3.01 Å². The fourth-order valence-corrected chi connectivity index (χ4v) is 2.93. The van der Waals surface area contributed by atoms with Gasteiger partial charge in [0, 0.05) is 11.3 Å². The highest BCUT2D eigenvalue weighted by atomic mass is 35.5. The Labute approximate surface area is 126 Å². The van der Waals surface area contributed by atoms with Gasteiger partial charge in [-0.05, 0) is 11.6 Å². The highest BCUT2D eigenvalue weighted by molar-refractivity contribution is 6.19. The van der Waals surface area contributed by atoms with E-state index < -0.39 is 17.6 Å². The molecule has 1 heterocycles. The molecule has 3 rings (SSSR count). The van der Waals surface area contributed by atoms with E-state index in [0.717, 1.165) is 11.1 Å². The van der Waals surface area contributed by atoms with Crippen LogP contribution in [0.15, 0.2) is 54.6 Å². The average molecular weight is 312 g/mol. The van der Waals surface area contributed by atoms with Crippen molar-refractivity contribution in [2.75, 3.05) is 17.3 Å². The first kappa shape index (κ1) is 14.3. The smallest absolute Gasteiger partial charge is 0.352 e. The Bertz CT molecular complexity index is 641. The Balaban J connectivity index is 2.03. The van der Waals surface area contributed by atoms with Gasteiger partial charge in [0.05, 0.1) is 12.4 Å². The number of anilines is 1. The number of benzene rings is 2. The lowest BCUT2D eigenvalue weighted by molar-refractivity contribution is -0.150. The zero-order valence-corrected chi connectivity index (χ0v) is 11.8. The standard InChI is InChI=1S/C16H13ClF3N/c17-10-15(16(18,19)20)11-21(15)14-9-5-4-8-13(14)12-6-2-1-3-7-12/h1-9H,10-11H2. The molecule has 2 aromatic rings. The molecule has 1 atom stereocenters. The van der Waals surface area contributed by atoms with Crippen molar-refractivity contribution < 1.29 is 13.2 Å². The predicted molar refractivity (Wildman–Crippen MR) is 78.7 cm³/mol. The molecule has 110 valence electrons. The van der Waals surface area contributed by atoms with Gasteiger partial charge in [0.2, 0.25) is 0 Å². The summed E-state index contributed by atoms with van der Waals surface area (Å²) in [5.74, 6) is -0.459. The molecule has 5 heteroatoms. The van der Waals surface area contributed by atoms with E-state index in [9.17, 15) is 13.2 Å². The highest BCUT2D eigenvalue weighted by Gasteiger charge is 2.69. The third-order valence-electron chi connectivity index (χ3n) is 3.86. The number of alkyl halides is 4. The highest BCUT2D eigenvalue weighted by Crippen LogP contribution is 2.51. The van der Waals surface area contributed by atoms with E-state index in [0.29, 0.717) is 5.69 Å². The molecule has 1 saturated heterocycles. The maximum atomic E-state index is 13.2. The zero-order valence-electron chi connectivity index (χ0n) is 11.1. The number of rotatable bonds is 3. The molecule has 0 radical (unpaired) electrons. The second kappa shape index (κ2) is 4.95. The summed E-state index contributed by atoms with van der Waals surface area (Å²) in [5.41, 5.74) is 0.320. The van der Waals surface area contributed by atoms with E-state index in [4.69, 9.17) is 11.6 Å². The molecular weight excluding hydrogens is 299 g/mol. The third kappa shape index (κ3) is 2.27. The van der Waals surface area contributed by atoms with Crippen LogP contribution in [0.3, 0.4) is 0 Å². The second-order valence-electron chi connectivity index (χ2n) is 5.13. The molecule has 2 aromatic carbocycles. The molecule has 1 aliphatic rings. The summed E-state index contributed by atoms with van der Waals surface area (Å²) in [6.07, 6.45) is -4.33. The number of para-hydroxylation sites is 1. The van der Waals surface area contributed by atoms with Crippen LogP contribution in [-0.4, -0.2) is 24.1 Å². The zero-order chi connectivity index (χ0) is 15.1. The maximum absolute atomic E-state index is 13.2. The van der Waals surface area contributed by atoms with Crippen LogP contribution in [0.25, 0.3) is 11.1 Å². The molecule has 1 nitrogen and oxygen atoms in total. The Morgan fingerprint density at radius 1 is 1.00 bits per heavy atom. The molecule has 0 bridgehead atoms. The van der Waals surface area contributed by atoms with Crippen molar-refractivity contribution >= 4 is 17.3 Å². The van der Waals surface area contributed by atoms with Gasteiger partial charge in [-0.2, -0.15) is 13.2 Å². The lowest BCUT2D eigenvalue weighted by atomic mass is 10.0. The van der Waals surface area contributed by atoms with Gasteiger partial charge >= 0.3 is 6.18 Å². The molecule has 1 fully saturated rings. The van der Waals surface area contributed by atoms with Crippen molar-refractivity contribution in [2.24, 2.45) is 0 Å². The monoisotopic (exact) mass is 311 g/mol. The van der Waals surface area contributed by atoms with Gasteiger partial charge in [0.1, 0.15) is 0 Å². The molecule has 0 aliphatic carbocycles. The van der Waals surface area contributed by atoms with E-state index in [1.165, 1.54) is 4.90 Å². The van der Waals surface area contributed by atoms with E-state index in [1.54, 1.807) is 12.1 Å². The quantitative estimate of drug-likeness (QED) is 0.586. The minimum atomic E-state index is -4.33. The van der Waals surface area contributed by atoms with Crippen molar-refractivity contribution in [1.29, 1.82) is 0 Å². The minimum Gasteiger partial charge on any atom is -0.352 e. The van der Waals surface area contributed by atoms with Crippen LogP contribution in [0.4, 0.5) is 18.9 Å². The van der Waals surface area contributed by atoms with E-state index in [-0.39, 0.29) is 6.54 Å². The molecule has 0 aromatic heterocycles. The van der Waals surface area contributed by atoms with Crippen LogP contribution in [0, 0.1) is 0 Å². The fourth-order valence-electron chi connectivity index (χ4n) is 2.55. The van der Waals surface area contributed by atoms with E-state index in [2.05, 4.69) is 0 Å². The lowest BCUT2D eigenvalue weighted by Gasteiger charge is -2.21. The average Bonchev–Trinajstić information content (AvgIpc) is 3.24. The molecule has 0 amide bonds. The van der Waals surface area contributed by atoms with Crippen LogP contribution < -0.4 is 4.90 Å². The summed E-state index contributed by atoms with van der Waals surface area (Å²) >= 11 is 5.62. The summed E-state index contributed by atoms with van der Waals surface area (Å²) in [5, 5.41) is 0. The molecular formula is C16H13ClF3N. The molecule has 1 aliphatic heterocycles. The normalized spacial score (nSPS) is 21.4. The van der Waals surface area contributed by atoms with Crippen molar-refractivity contribution in [3.63, 3.8) is 0 Å².